The van der Waals surface area contributed by atoms with Crippen molar-refractivity contribution < 1.29 is 4.39 Å². The van der Waals surface area contributed by atoms with Crippen LogP contribution in [0.15, 0.2) is 18.2 Å². The van der Waals surface area contributed by atoms with E-state index >= 15 is 0 Å². The lowest BCUT2D eigenvalue weighted by Crippen LogP contribution is -2.40. The molecule has 0 saturated heterocycles. The molecule has 2 nitrogen and oxygen atoms in total. The molecule has 17 heavy (non-hydrogen) atoms. The van der Waals surface area contributed by atoms with Crippen molar-refractivity contribution in [2.75, 3.05) is 13.1 Å². The quantitative estimate of drug-likeness (QED) is 0.794. The van der Waals surface area contributed by atoms with Crippen molar-refractivity contribution in [2.45, 2.75) is 32.9 Å². The molecular weight excluding hydrogens is 239 g/mol. The first kappa shape index (κ1) is 14.4. The Bertz CT molecular complexity index is 361. The van der Waals surface area contributed by atoms with Gasteiger partial charge in [-0.1, -0.05) is 17.7 Å². The van der Waals surface area contributed by atoms with Gasteiger partial charge in [0.2, 0.25) is 0 Å². The van der Waals surface area contributed by atoms with Gasteiger partial charge in [-0.05, 0) is 38.5 Å². The standard InChI is InChI=1S/C13H20ClFN2/c1-13(2,3)17-7-6-16-9-10-4-5-11(14)12(15)8-10/h4-5,8,16-17H,6-7,9H2,1-3H3. The van der Waals surface area contributed by atoms with Gasteiger partial charge in [-0.25, -0.2) is 4.39 Å². The number of hydrogen-bond acceptors (Lipinski definition) is 2. The van der Waals surface area contributed by atoms with Crippen molar-refractivity contribution in [1.82, 2.24) is 10.6 Å². The molecule has 0 aromatic heterocycles. The first-order valence-corrected chi connectivity index (χ1v) is 6.16. The van der Waals surface area contributed by atoms with Gasteiger partial charge in [0, 0.05) is 25.2 Å². The summed E-state index contributed by atoms with van der Waals surface area (Å²) in [5.74, 6) is -0.362. The average Bonchev–Trinajstić information content (AvgIpc) is 2.21. The van der Waals surface area contributed by atoms with Crippen LogP contribution in [0.2, 0.25) is 5.02 Å². The summed E-state index contributed by atoms with van der Waals surface area (Å²) in [7, 11) is 0. The minimum absolute atomic E-state index is 0.133. The van der Waals surface area contributed by atoms with Crippen LogP contribution >= 0.6 is 11.6 Å². The molecule has 0 unspecified atom stereocenters. The third-order valence-corrected chi connectivity index (χ3v) is 2.58. The van der Waals surface area contributed by atoms with Gasteiger partial charge < -0.3 is 10.6 Å². The molecule has 0 aliphatic rings. The maximum absolute atomic E-state index is 13.1. The predicted octanol–water partition coefficient (Wildman–Crippen LogP) is 2.96. The zero-order chi connectivity index (χ0) is 12.9. The molecule has 0 amide bonds. The van der Waals surface area contributed by atoms with Gasteiger partial charge >= 0.3 is 0 Å². The molecule has 2 N–H and O–H groups in total. The number of rotatable bonds is 5. The van der Waals surface area contributed by atoms with Crippen LogP contribution in [-0.2, 0) is 6.54 Å². The largest absolute Gasteiger partial charge is 0.311 e. The molecule has 0 aliphatic carbocycles. The van der Waals surface area contributed by atoms with Crippen molar-refractivity contribution in [2.24, 2.45) is 0 Å². The van der Waals surface area contributed by atoms with E-state index in [0.29, 0.717) is 6.54 Å². The minimum Gasteiger partial charge on any atom is -0.311 e. The van der Waals surface area contributed by atoms with Crippen molar-refractivity contribution in [3.63, 3.8) is 0 Å². The topological polar surface area (TPSA) is 24.1 Å². The third-order valence-electron chi connectivity index (χ3n) is 2.27. The van der Waals surface area contributed by atoms with E-state index in [4.69, 9.17) is 11.6 Å². The van der Waals surface area contributed by atoms with Crippen LogP contribution in [0.5, 0.6) is 0 Å². The fraction of sp³-hybridized carbons (Fsp3) is 0.538. The van der Waals surface area contributed by atoms with Crippen LogP contribution in [0.25, 0.3) is 0 Å². The number of halogens is 2. The van der Waals surface area contributed by atoms with Crippen LogP contribution < -0.4 is 10.6 Å². The summed E-state index contributed by atoms with van der Waals surface area (Å²) in [5, 5.41) is 6.79. The van der Waals surface area contributed by atoms with Crippen molar-refractivity contribution in [1.29, 1.82) is 0 Å². The van der Waals surface area contributed by atoms with Gasteiger partial charge in [-0.2, -0.15) is 0 Å². The first-order chi connectivity index (χ1) is 7.88. The SMILES string of the molecule is CC(C)(C)NCCNCc1ccc(Cl)c(F)c1. The minimum atomic E-state index is -0.362. The Morgan fingerprint density at radius 3 is 2.53 bits per heavy atom. The van der Waals surface area contributed by atoms with E-state index in [2.05, 4.69) is 31.4 Å². The Morgan fingerprint density at radius 1 is 1.24 bits per heavy atom. The van der Waals surface area contributed by atoms with E-state index in [1.807, 2.05) is 6.07 Å². The highest BCUT2D eigenvalue weighted by Gasteiger charge is 2.07. The maximum Gasteiger partial charge on any atom is 0.142 e. The number of hydrogen-bond donors (Lipinski definition) is 2. The first-order valence-electron chi connectivity index (χ1n) is 5.78. The molecule has 0 aliphatic heterocycles. The molecule has 0 atom stereocenters. The average molecular weight is 259 g/mol. The number of benzene rings is 1. The second kappa shape index (κ2) is 6.34. The molecule has 1 rings (SSSR count). The lowest BCUT2D eigenvalue weighted by atomic mass is 10.1. The Hall–Kier alpha value is -0.640. The lowest BCUT2D eigenvalue weighted by Gasteiger charge is -2.20. The van der Waals surface area contributed by atoms with Gasteiger partial charge in [0.05, 0.1) is 5.02 Å². The molecule has 4 heteroatoms. The Kier molecular flexibility index (Phi) is 5.37. The zero-order valence-electron chi connectivity index (χ0n) is 10.6. The fourth-order valence-electron chi connectivity index (χ4n) is 1.41. The summed E-state index contributed by atoms with van der Waals surface area (Å²) in [6.07, 6.45) is 0. The molecule has 96 valence electrons. The van der Waals surface area contributed by atoms with Crippen LogP contribution in [0.4, 0.5) is 4.39 Å². The summed E-state index contributed by atoms with van der Waals surface area (Å²) in [6, 6.07) is 4.88. The van der Waals surface area contributed by atoms with E-state index < -0.39 is 0 Å². The van der Waals surface area contributed by atoms with E-state index in [-0.39, 0.29) is 16.4 Å². The summed E-state index contributed by atoms with van der Waals surface area (Å²) >= 11 is 5.61. The van der Waals surface area contributed by atoms with E-state index in [1.165, 1.54) is 6.07 Å². The van der Waals surface area contributed by atoms with Gasteiger partial charge in [0.15, 0.2) is 0 Å². The molecule has 0 fully saturated rings. The van der Waals surface area contributed by atoms with Crippen molar-refractivity contribution in [3.05, 3.63) is 34.6 Å². The molecule has 0 bridgehead atoms. The smallest absolute Gasteiger partial charge is 0.142 e. The highest BCUT2D eigenvalue weighted by atomic mass is 35.5. The summed E-state index contributed by atoms with van der Waals surface area (Å²) < 4.78 is 13.1. The highest BCUT2D eigenvalue weighted by Crippen LogP contribution is 2.15. The van der Waals surface area contributed by atoms with Crippen LogP contribution in [0.3, 0.4) is 0 Å². The molecule has 0 saturated carbocycles. The van der Waals surface area contributed by atoms with E-state index in [1.54, 1.807) is 6.07 Å². The van der Waals surface area contributed by atoms with Gasteiger partial charge in [0.25, 0.3) is 0 Å². The van der Waals surface area contributed by atoms with Crippen LogP contribution in [0, 0.1) is 5.82 Å². The Labute approximate surface area is 108 Å². The zero-order valence-corrected chi connectivity index (χ0v) is 11.4. The van der Waals surface area contributed by atoms with E-state index in [9.17, 15) is 4.39 Å². The predicted molar refractivity (Wildman–Crippen MR) is 70.9 cm³/mol. The number of nitrogens with one attached hydrogen (secondary N) is 2. The van der Waals surface area contributed by atoms with Crippen molar-refractivity contribution in [3.8, 4) is 0 Å². The lowest BCUT2D eigenvalue weighted by molar-refractivity contribution is 0.421. The third kappa shape index (κ3) is 6.01. The Morgan fingerprint density at radius 2 is 1.94 bits per heavy atom. The van der Waals surface area contributed by atoms with Crippen LogP contribution in [0.1, 0.15) is 26.3 Å². The molecule has 0 radical (unpaired) electrons. The second-order valence-corrected chi connectivity index (χ2v) is 5.51. The molecule has 0 spiro atoms. The normalized spacial score (nSPS) is 11.8. The van der Waals surface area contributed by atoms with Gasteiger partial charge in [-0.15, -0.1) is 0 Å². The Balaban J connectivity index is 2.25. The fourth-order valence-corrected chi connectivity index (χ4v) is 1.53. The molecule has 1 aromatic rings. The highest BCUT2D eigenvalue weighted by molar-refractivity contribution is 6.30. The van der Waals surface area contributed by atoms with E-state index in [0.717, 1.165) is 18.7 Å². The second-order valence-electron chi connectivity index (χ2n) is 5.10. The molecule has 0 heterocycles. The molecular formula is C13H20ClFN2. The van der Waals surface area contributed by atoms with Crippen molar-refractivity contribution >= 4 is 11.6 Å². The monoisotopic (exact) mass is 258 g/mol. The molecule has 1 aromatic carbocycles. The maximum atomic E-state index is 13.1. The van der Waals surface area contributed by atoms with Gasteiger partial charge in [0.1, 0.15) is 5.82 Å². The summed E-state index contributed by atoms with van der Waals surface area (Å²) in [6.45, 7) is 8.77. The van der Waals surface area contributed by atoms with Crippen LogP contribution in [-0.4, -0.2) is 18.6 Å². The summed E-state index contributed by atoms with van der Waals surface area (Å²) in [5.41, 5.74) is 1.04. The summed E-state index contributed by atoms with van der Waals surface area (Å²) in [4.78, 5) is 0. The van der Waals surface area contributed by atoms with Gasteiger partial charge in [-0.3, -0.25) is 0 Å².